The van der Waals surface area contributed by atoms with Gasteiger partial charge in [-0.3, -0.25) is 9.59 Å². The number of carbonyl (C=O) groups is 2. The van der Waals surface area contributed by atoms with E-state index in [0.717, 1.165) is 5.56 Å². The van der Waals surface area contributed by atoms with Gasteiger partial charge in [0.15, 0.2) is 0 Å². The molecule has 1 aromatic rings. The van der Waals surface area contributed by atoms with Crippen molar-refractivity contribution in [3.8, 4) is 0 Å². The zero-order chi connectivity index (χ0) is 14.7. The summed E-state index contributed by atoms with van der Waals surface area (Å²) < 4.78 is 0. The normalized spacial score (nSPS) is 18.7. The number of amides is 2. The SMILES string of the molecule is CC(C)N1CC(NC(=O)Cc2ccc(Cl)cc2)CC1=O. The van der Waals surface area contributed by atoms with E-state index in [4.69, 9.17) is 11.6 Å². The van der Waals surface area contributed by atoms with Gasteiger partial charge in [0.25, 0.3) is 0 Å². The second-order valence-electron chi connectivity index (χ2n) is 5.41. The summed E-state index contributed by atoms with van der Waals surface area (Å²) in [7, 11) is 0. The van der Waals surface area contributed by atoms with E-state index in [9.17, 15) is 9.59 Å². The van der Waals surface area contributed by atoms with Gasteiger partial charge < -0.3 is 10.2 Å². The van der Waals surface area contributed by atoms with E-state index in [2.05, 4.69) is 5.32 Å². The molecule has 1 saturated heterocycles. The molecule has 1 fully saturated rings. The predicted octanol–water partition coefficient (Wildman–Crippen LogP) is 2.01. The highest BCUT2D eigenvalue weighted by atomic mass is 35.5. The quantitative estimate of drug-likeness (QED) is 0.923. The summed E-state index contributed by atoms with van der Waals surface area (Å²) in [5.41, 5.74) is 0.914. The summed E-state index contributed by atoms with van der Waals surface area (Å²) in [5, 5.41) is 3.58. The van der Waals surface area contributed by atoms with E-state index in [1.165, 1.54) is 0 Å². The Morgan fingerprint density at radius 1 is 1.40 bits per heavy atom. The van der Waals surface area contributed by atoms with Gasteiger partial charge in [-0.05, 0) is 31.5 Å². The number of hydrogen-bond acceptors (Lipinski definition) is 2. The number of nitrogens with one attached hydrogen (secondary N) is 1. The molecule has 5 heteroatoms. The Labute approximate surface area is 124 Å². The first-order chi connectivity index (χ1) is 9.45. The molecule has 1 atom stereocenters. The van der Waals surface area contributed by atoms with Crippen molar-refractivity contribution >= 4 is 23.4 Å². The van der Waals surface area contributed by atoms with E-state index in [1.807, 2.05) is 26.0 Å². The van der Waals surface area contributed by atoms with E-state index in [1.54, 1.807) is 17.0 Å². The van der Waals surface area contributed by atoms with Gasteiger partial charge in [-0.25, -0.2) is 0 Å². The van der Waals surface area contributed by atoms with Crippen LogP contribution in [0.5, 0.6) is 0 Å². The van der Waals surface area contributed by atoms with Gasteiger partial charge in [0.05, 0.1) is 12.5 Å². The average Bonchev–Trinajstić information content (AvgIpc) is 2.73. The minimum absolute atomic E-state index is 0.0595. The first-order valence-electron chi connectivity index (χ1n) is 6.79. The molecule has 0 aliphatic carbocycles. The molecule has 1 aromatic carbocycles. The summed E-state index contributed by atoms with van der Waals surface area (Å²) >= 11 is 5.80. The largest absolute Gasteiger partial charge is 0.351 e. The Morgan fingerprint density at radius 2 is 2.05 bits per heavy atom. The summed E-state index contributed by atoms with van der Waals surface area (Å²) in [4.78, 5) is 25.5. The number of rotatable bonds is 4. The lowest BCUT2D eigenvalue weighted by molar-refractivity contribution is -0.129. The van der Waals surface area contributed by atoms with Gasteiger partial charge in [0.1, 0.15) is 0 Å². The van der Waals surface area contributed by atoms with Crippen LogP contribution in [-0.2, 0) is 16.0 Å². The van der Waals surface area contributed by atoms with Crippen molar-refractivity contribution < 1.29 is 9.59 Å². The predicted molar refractivity (Wildman–Crippen MR) is 78.6 cm³/mol. The number of halogens is 1. The molecule has 20 heavy (non-hydrogen) atoms. The highest BCUT2D eigenvalue weighted by molar-refractivity contribution is 6.30. The van der Waals surface area contributed by atoms with Crippen LogP contribution in [0.15, 0.2) is 24.3 Å². The average molecular weight is 295 g/mol. The number of carbonyl (C=O) groups excluding carboxylic acids is 2. The van der Waals surface area contributed by atoms with Crippen LogP contribution in [0.25, 0.3) is 0 Å². The minimum atomic E-state index is -0.0790. The molecule has 0 radical (unpaired) electrons. The third-order valence-electron chi connectivity index (χ3n) is 3.42. The number of likely N-dealkylation sites (tertiary alicyclic amines) is 1. The fourth-order valence-corrected chi connectivity index (χ4v) is 2.52. The third-order valence-corrected chi connectivity index (χ3v) is 3.68. The van der Waals surface area contributed by atoms with Crippen molar-refractivity contribution in [2.75, 3.05) is 6.54 Å². The molecule has 1 aliphatic heterocycles. The van der Waals surface area contributed by atoms with Crippen molar-refractivity contribution in [2.24, 2.45) is 0 Å². The van der Waals surface area contributed by atoms with Gasteiger partial charge in [-0.2, -0.15) is 0 Å². The van der Waals surface area contributed by atoms with E-state index < -0.39 is 0 Å². The zero-order valence-electron chi connectivity index (χ0n) is 11.7. The summed E-state index contributed by atoms with van der Waals surface area (Å²) in [6, 6.07) is 7.31. The molecule has 108 valence electrons. The molecule has 0 saturated carbocycles. The third kappa shape index (κ3) is 3.73. The molecule has 1 N–H and O–H groups in total. The van der Waals surface area contributed by atoms with Crippen molar-refractivity contribution in [1.29, 1.82) is 0 Å². The molecule has 0 aromatic heterocycles. The molecule has 0 spiro atoms. The number of benzene rings is 1. The maximum atomic E-state index is 12.0. The van der Waals surface area contributed by atoms with Crippen LogP contribution in [0.3, 0.4) is 0 Å². The monoisotopic (exact) mass is 294 g/mol. The van der Waals surface area contributed by atoms with E-state index >= 15 is 0 Å². The lowest BCUT2D eigenvalue weighted by atomic mass is 10.1. The van der Waals surface area contributed by atoms with Crippen LogP contribution in [0.1, 0.15) is 25.8 Å². The molecular formula is C15H19ClN2O2. The lowest BCUT2D eigenvalue weighted by Gasteiger charge is -2.21. The molecular weight excluding hydrogens is 276 g/mol. The fourth-order valence-electron chi connectivity index (χ4n) is 2.39. The van der Waals surface area contributed by atoms with Gasteiger partial charge in [-0.15, -0.1) is 0 Å². The number of hydrogen-bond donors (Lipinski definition) is 1. The molecule has 1 heterocycles. The first kappa shape index (κ1) is 14.9. The Morgan fingerprint density at radius 3 is 2.60 bits per heavy atom. The summed E-state index contributed by atoms with van der Waals surface area (Å²) in [6.07, 6.45) is 0.702. The number of nitrogens with zero attached hydrogens (tertiary/aromatic N) is 1. The van der Waals surface area contributed by atoms with Gasteiger partial charge in [-0.1, -0.05) is 23.7 Å². The van der Waals surface area contributed by atoms with Crippen LogP contribution in [0.2, 0.25) is 5.02 Å². The van der Waals surface area contributed by atoms with Gasteiger partial charge in [0.2, 0.25) is 11.8 Å². The minimum Gasteiger partial charge on any atom is -0.351 e. The smallest absolute Gasteiger partial charge is 0.225 e. The van der Waals surface area contributed by atoms with Crippen LogP contribution in [0, 0.1) is 0 Å². The molecule has 1 aliphatic rings. The van der Waals surface area contributed by atoms with Crippen LogP contribution in [-0.4, -0.2) is 35.3 Å². The topological polar surface area (TPSA) is 49.4 Å². The standard InChI is InChI=1S/C15H19ClN2O2/c1-10(2)18-9-13(8-15(18)20)17-14(19)7-11-3-5-12(16)6-4-11/h3-6,10,13H,7-9H2,1-2H3,(H,17,19). The van der Waals surface area contributed by atoms with Crippen LogP contribution >= 0.6 is 11.6 Å². The molecule has 0 bridgehead atoms. The fraction of sp³-hybridized carbons (Fsp3) is 0.467. The van der Waals surface area contributed by atoms with Crippen LogP contribution < -0.4 is 5.32 Å². The molecule has 2 rings (SSSR count). The Bertz CT molecular complexity index is 499. The van der Waals surface area contributed by atoms with Crippen molar-refractivity contribution in [3.63, 3.8) is 0 Å². The van der Waals surface area contributed by atoms with Crippen molar-refractivity contribution in [1.82, 2.24) is 10.2 Å². The highest BCUT2D eigenvalue weighted by Crippen LogP contribution is 2.15. The Kier molecular flexibility index (Phi) is 4.65. The molecule has 1 unspecified atom stereocenters. The van der Waals surface area contributed by atoms with Crippen LogP contribution in [0.4, 0.5) is 0 Å². The Balaban J connectivity index is 1.86. The Hall–Kier alpha value is -1.55. The van der Waals surface area contributed by atoms with Gasteiger partial charge >= 0.3 is 0 Å². The van der Waals surface area contributed by atoms with Crippen molar-refractivity contribution in [2.45, 2.75) is 38.8 Å². The lowest BCUT2D eigenvalue weighted by Crippen LogP contribution is -2.39. The van der Waals surface area contributed by atoms with E-state index in [-0.39, 0.29) is 23.9 Å². The molecule has 4 nitrogen and oxygen atoms in total. The van der Waals surface area contributed by atoms with E-state index in [0.29, 0.717) is 24.4 Å². The summed E-state index contributed by atoms with van der Waals surface area (Å²) in [5.74, 6) is 0.0486. The summed E-state index contributed by atoms with van der Waals surface area (Å²) in [6.45, 7) is 4.56. The van der Waals surface area contributed by atoms with Gasteiger partial charge in [0, 0.05) is 24.0 Å². The zero-order valence-corrected chi connectivity index (χ0v) is 12.5. The van der Waals surface area contributed by atoms with Crippen molar-refractivity contribution in [3.05, 3.63) is 34.9 Å². The second kappa shape index (κ2) is 6.27. The first-order valence-corrected chi connectivity index (χ1v) is 7.17. The maximum absolute atomic E-state index is 12.0. The highest BCUT2D eigenvalue weighted by Gasteiger charge is 2.31. The molecule has 2 amide bonds. The second-order valence-corrected chi connectivity index (χ2v) is 5.85. The maximum Gasteiger partial charge on any atom is 0.225 e.